The highest BCUT2D eigenvalue weighted by atomic mass is 35.5. The van der Waals surface area contributed by atoms with E-state index >= 15 is 0 Å². The predicted octanol–water partition coefficient (Wildman–Crippen LogP) is 3.08. The van der Waals surface area contributed by atoms with Crippen LogP contribution < -0.4 is 10.6 Å². The number of nitrogens with one attached hydrogen (secondary N) is 2. The number of anilines is 1. The van der Waals surface area contributed by atoms with Crippen molar-refractivity contribution in [2.75, 3.05) is 5.32 Å². The second-order valence-electron chi connectivity index (χ2n) is 4.88. The summed E-state index contributed by atoms with van der Waals surface area (Å²) in [4.78, 5) is 12.8. The normalized spacial score (nSPS) is 10.8. The molecule has 3 aromatic rings. The van der Waals surface area contributed by atoms with Gasteiger partial charge in [-0.1, -0.05) is 41.8 Å². The predicted molar refractivity (Wildman–Crippen MR) is 98.6 cm³/mol. The zero-order chi connectivity index (χ0) is 17.1. The number of thiophene rings is 1. The number of rotatable bonds is 4. The van der Waals surface area contributed by atoms with Crippen molar-refractivity contribution < 1.29 is 4.79 Å². The zero-order valence-electron chi connectivity index (χ0n) is 12.6. The number of benzene rings is 1. The molecule has 1 amide bonds. The van der Waals surface area contributed by atoms with Crippen molar-refractivity contribution in [3.8, 4) is 0 Å². The summed E-state index contributed by atoms with van der Waals surface area (Å²) in [6.07, 6.45) is 0.871. The molecule has 1 aromatic carbocycles. The van der Waals surface area contributed by atoms with Crippen LogP contribution in [0.5, 0.6) is 0 Å². The van der Waals surface area contributed by atoms with Gasteiger partial charge < -0.3 is 0 Å². The number of amides is 1. The maximum atomic E-state index is 12.4. The van der Waals surface area contributed by atoms with Crippen molar-refractivity contribution in [1.82, 2.24) is 25.5 Å². The summed E-state index contributed by atoms with van der Waals surface area (Å²) in [6, 6.07) is 7.57. The highest BCUT2D eigenvalue weighted by molar-refractivity contribution is 7.80. The van der Waals surface area contributed by atoms with Crippen LogP contribution >= 0.6 is 35.2 Å². The minimum absolute atomic E-state index is 0.112. The fourth-order valence-corrected chi connectivity index (χ4v) is 3.71. The van der Waals surface area contributed by atoms with Gasteiger partial charge in [-0.15, -0.1) is 11.3 Å². The van der Waals surface area contributed by atoms with Crippen LogP contribution in [0.15, 0.2) is 24.3 Å². The molecule has 0 aliphatic carbocycles. The third-order valence-corrected chi connectivity index (χ3v) is 5.04. The molecular weight excluding hydrogens is 368 g/mol. The number of aromatic nitrogens is 4. The Balaban J connectivity index is 1.72. The lowest BCUT2D eigenvalue weighted by molar-refractivity contribution is 0.0982. The SMILES string of the molecule is CCCn1nnnc1NC(=S)NC(=O)c1sc2ccccc2c1Cl. The highest BCUT2D eigenvalue weighted by Gasteiger charge is 2.18. The molecule has 2 aromatic heterocycles. The topological polar surface area (TPSA) is 84.7 Å². The van der Waals surface area contributed by atoms with E-state index in [1.54, 1.807) is 4.68 Å². The first-order valence-corrected chi connectivity index (χ1v) is 8.76. The Morgan fingerprint density at radius 1 is 1.42 bits per heavy atom. The lowest BCUT2D eigenvalue weighted by Gasteiger charge is -2.08. The van der Waals surface area contributed by atoms with Crippen molar-refractivity contribution in [2.45, 2.75) is 19.9 Å². The van der Waals surface area contributed by atoms with Crippen LogP contribution in [0.3, 0.4) is 0 Å². The Kier molecular flexibility index (Phi) is 5.03. The average molecular weight is 381 g/mol. The smallest absolute Gasteiger partial charge is 0.269 e. The maximum Gasteiger partial charge on any atom is 0.269 e. The molecule has 124 valence electrons. The molecule has 0 saturated heterocycles. The third-order valence-electron chi connectivity index (χ3n) is 3.16. The lowest BCUT2D eigenvalue weighted by atomic mass is 10.2. The molecule has 0 radical (unpaired) electrons. The molecule has 7 nitrogen and oxygen atoms in total. The molecule has 24 heavy (non-hydrogen) atoms. The van der Waals surface area contributed by atoms with Gasteiger partial charge in [-0.05, 0) is 35.1 Å². The number of hydrogen-bond acceptors (Lipinski definition) is 6. The van der Waals surface area contributed by atoms with Crippen LogP contribution in [-0.4, -0.2) is 31.2 Å². The minimum atomic E-state index is -0.367. The first kappa shape index (κ1) is 16.7. The third kappa shape index (κ3) is 3.37. The summed E-state index contributed by atoms with van der Waals surface area (Å²) in [6.45, 7) is 2.66. The summed E-state index contributed by atoms with van der Waals surface area (Å²) in [5, 5.41) is 18.1. The average Bonchev–Trinajstić information content (AvgIpc) is 3.13. The van der Waals surface area contributed by atoms with E-state index in [9.17, 15) is 4.79 Å². The molecule has 0 atom stereocenters. The van der Waals surface area contributed by atoms with Crippen LogP contribution in [0.4, 0.5) is 5.95 Å². The second-order valence-corrected chi connectivity index (χ2v) is 6.71. The number of fused-ring (bicyclic) bond motifs is 1. The number of thiocarbonyl (C=S) groups is 1. The van der Waals surface area contributed by atoms with E-state index in [2.05, 4.69) is 26.2 Å². The van der Waals surface area contributed by atoms with E-state index in [1.807, 2.05) is 31.2 Å². The van der Waals surface area contributed by atoms with Gasteiger partial charge in [-0.2, -0.15) is 0 Å². The van der Waals surface area contributed by atoms with Crippen LogP contribution in [0.2, 0.25) is 5.02 Å². The number of nitrogens with zero attached hydrogens (tertiary/aromatic N) is 4. The first-order chi connectivity index (χ1) is 11.6. The molecule has 10 heteroatoms. The van der Waals surface area contributed by atoms with Crippen molar-refractivity contribution in [3.05, 3.63) is 34.2 Å². The van der Waals surface area contributed by atoms with Gasteiger partial charge in [-0.25, -0.2) is 4.68 Å². The van der Waals surface area contributed by atoms with Crippen molar-refractivity contribution in [3.63, 3.8) is 0 Å². The molecule has 0 saturated carbocycles. The van der Waals surface area contributed by atoms with Gasteiger partial charge in [0.2, 0.25) is 5.95 Å². The second kappa shape index (κ2) is 7.20. The number of hydrogen-bond donors (Lipinski definition) is 2. The van der Waals surface area contributed by atoms with Crippen LogP contribution in [0, 0.1) is 0 Å². The number of aryl methyl sites for hydroxylation is 1. The van der Waals surface area contributed by atoms with Crippen molar-refractivity contribution in [2.24, 2.45) is 0 Å². The van der Waals surface area contributed by atoms with E-state index in [4.69, 9.17) is 23.8 Å². The molecule has 0 unspecified atom stereocenters. The van der Waals surface area contributed by atoms with Gasteiger partial charge in [0, 0.05) is 16.6 Å². The van der Waals surface area contributed by atoms with E-state index in [1.165, 1.54) is 11.3 Å². The number of carbonyl (C=O) groups excluding carboxylic acids is 1. The molecule has 2 heterocycles. The number of halogens is 1. The van der Waals surface area contributed by atoms with E-state index in [-0.39, 0.29) is 11.0 Å². The summed E-state index contributed by atoms with van der Waals surface area (Å²) < 4.78 is 2.52. The van der Waals surface area contributed by atoms with Gasteiger partial charge in [0.25, 0.3) is 5.91 Å². The zero-order valence-corrected chi connectivity index (χ0v) is 15.0. The summed E-state index contributed by atoms with van der Waals surface area (Å²) in [5.74, 6) is 0.0119. The number of carbonyl (C=O) groups is 1. The van der Waals surface area contributed by atoms with E-state index < -0.39 is 0 Å². The van der Waals surface area contributed by atoms with Crippen molar-refractivity contribution >= 4 is 62.2 Å². The van der Waals surface area contributed by atoms with Crippen molar-refractivity contribution in [1.29, 1.82) is 0 Å². The molecule has 0 spiro atoms. The molecule has 0 bridgehead atoms. The van der Waals surface area contributed by atoms with Gasteiger partial charge in [0.05, 0.1) is 5.02 Å². The molecule has 2 N–H and O–H groups in total. The Labute approximate surface area is 152 Å². The quantitative estimate of drug-likeness (QED) is 0.676. The Morgan fingerprint density at radius 2 is 2.21 bits per heavy atom. The standard InChI is InChI=1S/C14H13ClN6OS2/c1-2-7-21-13(18-19-20-21)17-14(23)16-12(22)11-10(15)8-5-3-4-6-9(8)24-11/h3-6H,2,7H2,1H3,(H2,16,17,18,20,22,23). The molecule has 3 rings (SSSR count). The van der Waals surface area contributed by atoms with Gasteiger partial charge in [0.1, 0.15) is 4.88 Å². The monoisotopic (exact) mass is 380 g/mol. The van der Waals surface area contributed by atoms with Gasteiger partial charge in [-0.3, -0.25) is 15.4 Å². The first-order valence-electron chi connectivity index (χ1n) is 7.15. The Bertz CT molecular complexity index is 906. The van der Waals surface area contributed by atoms with Gasteiger partial charge in [0.15, 0.2) is 5.11 Å². The summed E-state index contributed by atoms with van der Waals surface area (Å²) in [5.41, 5.74) is 0. The van der Waals surface area contributed by atoms with E-state index in [0.29, 0.717) is 22.4 Å². The summed E-state index contributed by atoms with van der Waals surface area (Å²) in [7, 11) is 0. The maximum absolute atomic E-state index is 12.4. The number of tetrazole rings is 1. The highest BCUT2D eigenvalue weighted by Crippen LogP contribution is 2.34. The van der Waals surface area contributed by atoms with Crippen LogP contribution in [-0.2, 0) is 6.54 Å². The lowest BCUT2D eigenvalue weighted by Crippen LogP contribution is -2.34. The van der Waals surface area contributed by atoms with E-state index in [0.717, 1.165) is 16.5 Å². The summed E-state index contributed by atoms with van der Waals surface area (Å²) >= 11 is 12.8. The minimum Gasteiger partial charge on any atom is -0.300 e. The largest absolute Gasteiger partial charge is 0.300 e. The molecule has 0 aliphatic rings. The Morgan fingerprint density at radius 3 is 2.96 bits per heavy atom. The molecule has 0 fully saturated rings. The van der Waals surface area contributed by atoms with Gasteiger partial charge >= 0.3 is 0 Å². The Hall–Kier alpha value is -2.10. The van der Waals surface area contributed by atoms with Crippen LogP contribution in [0.1, 0.15) is 23.0 Å². The van der Waals surface area contributed by atoms with Crippen LogP contribution in [0.25, 0.3) is 10.1 Å². The fraction of sp³-hybridized carbons (Fsp3) is 0.214. The molecular formula is C14H13ClN6OS2. The molecule has 0 aliphatic heterocycles. The fourth-order valence-electron chi connectivity index (χ4n) is 2.11.